The quantitative estimate of drug-likeness (QED) is 0.704. The SMILES string of the molecule is NC1=NC(O)(C(Br)Br)CS1. The first-order valence-electron chi connectivity index (χ1n) is 2.53. The highest BCUT2D eigenvalue weighted by Gasteiger charge is 2.37. The summed E-state index contributed by atoms with van der Waals surface area (Å²) in [6.07, 6.45) is 0. The van der Waals surface area contributed by atoms with Gasteiger partial charge in [-0.3, -0.25) is 0 Å². The number of aliphatic hydroxyl groups is 1. The van der Waals surface area contributed by atoms with E-state index in [1.807, 2.05) is 0 Å². The summed E-state index contributed by atoms with van der Waals surface area (Å²) in [7, 11) is 0. The first-order chi connectivity index (χ1) is 4.54. The zero-order chi connectivity index (χ0) is 7.78. The van der Waals surface area contributed by atoms with Gasteiger partial charge >= 0.3 is 0 Å². The predicted octanol–water partition coefficient (Wildman–Crippen LogP) is 0.852. The maximum Gasteiger partial charge on any atom is 0.190 e. The van der Waals surface area contributed by atoms with Crippen molar-refractivity contribution in [2.24, 2.45) is 10.7 Å². The fraction of sp³-hybridized carbons (Fsp3) is 0.750. The molecule has 0 fully saturated rings. The Labute approximate surface area is 79.7 Å². The monoisotopic (exact) mass is 288 g/mol. The molecule has 1 unspecified atom stereocenters. The molecule has 0 bridgehead atoms. The molecular weight excluding hydrogens is 284 g/mol. The Morgan fingerprint density at radius 2 is 2.40 bits per heavy atom. The first kappa shape index (κ1) is 8.83. The number of hydrogen-bond acceptors (Lipinski definition) is 4. The van der Waals surface area contributed by atoms with Crippen molar-refractivity contribution >= 4 is 48.8 Å². The summed E-state index contributed by atoms with van der Waals surface area (Å²) >= 11 is 7.70. The van der Waals surface area contributed by atoms with Gasteiger partial charge in [-0.05, 0) is 0 Å². The Balaban J connectivity index is 2.72. The van der Waals surface area contributed by atoms with Crippen molar-refractivity contribution in [3.63, 3.8) is 0 Å². The van der Waals surface area contributed by atoms with Crippen molar-refractivity contribution < 1.29 is 5.11 Å². The van der Waals surface area contributed by atoms with Gasteiger partial charge in [0.25, 0.3) is 0 Å². The first-order valence-corrected chi connectivity index (χ1v) is 5.35. The number of rotatable bonds is 1. The number of nitrogens with two attached hydrogens (primary N) is 1. The molecule has 0 spiro atoms. The summed E-state index contributed by atoms with van der Waals surface area (Å²) in [4.78, 5) is 3.84. The molecule has 6 heteroatoms. The number of halogens is 2. The molecule has 0 amide bonds. The van der Waals surface area contributed by atoms with Crippen LogP contribution >= 0.6 is 43.6 Å². The second-order valence-electron chi connectivity index (χ2n) is 1.92. The third-order valence-corrected chi connectivity index (χ3v) is 3.51. The maximum absolute atomic E-state index is 9.56. The van der Waals surface area contributed by atoms with Gasteiger partial charge in [-0.2, -0.15) is 0 Å². The fourth-order valence-electron chi connectivity index (χ4n) is 0.547. The Morgan fingerprint density at radius 3 is 2.60 bits per heavy atom. The fourth-order valence-corrected chi connectivity index (χ4v) is 2.32. The van der Waals surface area contributed by atoms with E-state index in [1.54, 1.807) is 0 Å². The Hall–Kier alpha value is 0.740. The van der Waals surface area contributed by atoms with E-state index in [2.05, 4.69) is 36.9 Å². The van der Waals surface area contributed by atoms with Crippen LogP contribution in [0.3, 0.4) is 0 Å². The lowest BCUT2D eigenvalue weighted by Gasteiger charge is -2.18. The smallest absolute Gasteiger partial charge is 0.190 e. The van der Waals surface area contributed by atoms with Crippen LogP contribution < -0.4 is 5.73 Å². The van der Waals surface area contributed by atoms with Crippen LogP contribution in [0.2, 0.25) is 0 Å². The predicted molar refractivity (Wildman–Crippen MR) is 50.7 cm³/mol. The highest BCUT2D eigenvalue weighted by molar-refractivity contribution is 9.24. The number of nitrogens with zero attached hydrogens (tertiary/aromatic N) is 1. The third-order valence-electron chi connectivity index (χ3n) is 1.09. The highest BCUT2D eigenvalue weighted by atomic mass is 79.9. The van der Waals surface area contributed by atoms with E-state index in [-0.39, 0.29) is 3.74 Å². The number of amidine groups is 1. The summed E-state index contributed by atoms with van der Waals surface area (Å²) in [6, 6.07) is 0. The lowest BCUT2D eigenvalue weighted by atomic mass is 10.3. The van der Waals surface area contributed by atoms with Crippen molar-refractivity contribution in [1.29, 1.82) is 0 Å². The minimum Gasteiger partial charge on any atom is -0.378 e. The van der Waals surface area contributed by atoms with Gasteiger partial charge < -0.3 is 10.8 Å². The van der Waals surface area contributed by atoms with E-state index in [0.29, 0.717) is 10.9 Å². The Morgan fingerprint density at radius 1 is 1.80 bits per heavy atom. The molecule has 1 rings (SSSR count). The molecule has 3 N–H and O–H groups in total. The number of alkyl halides is 2. The number of thioether (sulfide) groups is 1. The van der Waals surface area contributed by atoms with E-state index >= 15 is 0 Å². The maximum atomic E-state index is 9.56. The average molecular weight is 290 g/mol. The Kier molecular flexibility index (Phi) is 2.65. The summed E-state index contributed by atoms with van der Waals surface area (Å²) in [6.45, 7) is 0. The summed E-state index contributed by atoms with van der Waals surface area (Å²) < 4.78 is -0.235. The molecule has 0 radical (unpaired) electrons. The van der Waals surface area contributed by atoms with Gasteiger partial charge in [0.15, 0.2) is 10.9 Å². The van der Waals surface area contributed by atoms with Gasteiger partial charge in [-0.25, -0.2) is 4.99 Å². The molecule has 0 aromatic rings. The average Bonchev–Trinajstić information content (AvgIpc) is 2.13. The highest BCUT2D eigenvalue weighted by Crippen LogP contribution is 2.33. The minimum absolute atomic E-state index is 0.235. The zero-order valence-electron chi connectivity index (χ0n) is 4.92. The van der Waals surface area contributed by atoms with Gasteiger partial charge in [-0.1, -0.05) is 43.6 Å². The molecule has 0 aromatic heterocycles. The van der Waals surface area contributed by atoms with Crippen molar-refractivity contribution in [1.82, 2.24) is 0 Å². The summed E-state index contributed by atoms with van der Waals surface area (Å²) in [5.41, 5.74) is 4.28. The number of hydrogen-bond donors (Lipinski definition) is 2. The molecule has 0 saturated heterocycles. The molecule has 0 saturated carbocycles. The summed E-state index contributed by atoms with van der Waals surface area (Å²) in [5.74, 6) is 0.500. The van der Waals surface area contributed by atoms with E-state index < -0.39 is 5.72 Å². The molecule has 58 valence electrons. The van der Waals surface area contributed by atoms with E-state index in [4.69, 9.17) is 5.73 Å². The largest absolute Gasteiger partial charge is 0.378 e. The van der Waals surface area contributed by atoms with Crippen LogP contribution in [0, 0.1) is 0 Å². The standard InChI is InChI=1S/C4H6Br2N2OS/c5-2(6)4(9)1-10-3(7)8-4/h2,9H,1H2,(H2,7,8). The van der Waals surface area contributed by atoms with Crippen LogP contribution in [-0.4, -0.2) is 25.5 Å². The van der Waals surface area contributed by atoms with Gasteiger partial charge in [-0.15, -0.1) is 0 Å². The Bertz CT molecular complexity index is 175. The van der Waals surface area contributed by atoms with Gasteiger partial charge in [0.1, 0.15) is 3.74 Å². The molecule has 1 heterocycles. The van der Waals surface area contributed by atoms with Crippen molar-refractivity contribution in [2.75, 3.05) is 5.75 Å². The van der Waals surface area contributed by atoms with Gasteiger partial charge in [0, 0.05) is 0 Å². The van der Waals surface area contributed by atoms with E-state index in [0.717, 1.165) is 0 Å². The normalized spacial score (nSPS) is 33.0. The van der Waals surface area contributed by atoms with Crippen molar-refractivity contribution in [2.45, 2.75) is 9.46 Å². The molecule has 1 aliphatic rings. The van der Waals surface area contributed by atoms with Crippen LogP contribution in [0.1, 0.15) is 0 Å². The second kappa shape index (κ2) is 3.00. The number of aliphatic imine (C=N–C) groups is 1. The molecule has 10 heavy (non-hydrogen) atoms. The topological polar surface area (TPSA) is 58.6 Å². The van der Waals surface area contributed by atoms with Crippen LogP contribution in [0.4, 0.5) is 0 Å². The third kappa shape index (κ3) is 1.66. The molecular formula is C4H6Br2N2OS. The molecule has 0 aliphatic carbocycles. The van der Waals surface area contributed by atoms with E-state index in [1.165, 1.54) is 11.8 Å². The van der Waals surface area contributed by atoms with Crippen LogP contribution in [-0.2, 0) is 0 Å². The lowest BCUT2D eigenvalue weighted by molar-refractivity contribution is 0.0988. The second-order valence-corrected chi connectivity index (χ2v) is 5.97. The van der Waals surface area contributed by atoms with Gasteiger partial charge in [0.2, 0.25) is 0 Å². The molecule has 1 aliphatic heterocycles. The van der Waals surface area contributed by atoms with Crippen molar-refractivity contribution in [3.05, 3.63) is 0 Å². The van der Waals surface area contributed by atoms with Crippen LogP contribution in [0.15, 0.2) is 4.99 Å². The van der Waals surface area contributed by atoms with Gasteiger partial charge in [0.05, 0.1) is 5.75 Å². The van der Waals surface area contributed by atoms with Crippen molar-refractivity contribution in [3.8, 4) is 0 Å². The summed E-state index contributed by atoms with van der Waals surface area (Å²) in [5, 5.41) is 9.99. The van der Waals surface area contributed by atoms with Crippen LogP contribution in [0.5, 0.6) is 0 Å². The molecule has 0 aromatic carbocycles. The van der Waals surface area contributed by atoms with E-state index in [9.17, 15) is 5.11 Å². The minimum atomic E-state index is -1.07. The zero-order valence-corrected chi connectivity index (χ0v) is 8.91. The molecule has 3 nitrogen and oxygen atoms in total. The lowest BCUT2D eigenvalue weighted by Crippen LogP contribution is -2.33. The molecule has 1 atom stereocenters. The van der Waals surface area contributed by atoms with Crippen LogP contribution in [0.25, 0.3) is 0 Å².